The SMILES string of the molecule is COc1cc(C(=O)Nc2ccc(NC(=O)CC(C)C)cc2)cc(OC)c1C. The number of anilines is 2. The molecule has 2 aromatic rings. The van der Waals surface area contributed by atoms with E-state index in [1.807, 2.05) is 20.8 Å². The van der Waals surface area contributed by atoms with Gasteiger partial charge in [-0.15, -0.1) is 0 Å². The lowest BCUT2D eigenvalue weighted by atomic mass is 10.1. The molecule has 6 heteroatoms. The second kappa shape index (κ2) is 9.07. The summed E-state index contributed by atoms with van der Waals surface area (Å²) in [5, 5.41) is 5.67. The van der Waals surface area contributed by atoms with Crippen molar-refractivity contribution in [1.82, 2.24) is 0 Å². The van der Waals surface area contributed by atoms with Gasteiger partial charge in [0.2, 0.25) is 5.91 Å². The number of hydrogen-bond acceptors (Lipinski definition) is 4. The van der Waals surface area contributed by atoms with Crippen LogP contribution in [0.3, 0.4) is 0 Å². The molecular formula is C21H26N2O4. The standard InChI is InChI=1S/C21H26N2O4/c1-13(2)10-20(24)22-16-6-8-17(9-7-16)23-21(25)15-11-18(26-4)14(3)19(12-15)27-5/h6-9,11-13H,10H2,1-5H3,(H,22,24)(H,23,25). The van der Waals surface area contributed by atoms with Gasteiger partial charge in [-0.3, -0.25) is 9.59 Å². The van der Waals surface area contributed by atoms with Crippen molar-refractivity contribution in [2.75, 3.05) is 24.9 Å². The van der Waals surface area contributed by atoms with Gasteiger partial charge in [-0.2, -0.15) is 0 Å². The number of amides is 2. The van der Waals surface area contributed by atoms with Crippen LogP contribution in [0.5, 0.6) is 11.5 Å². The fourth-order valence-electron chi connectivity index (χ4n) is 2.64. The molecule has 0 heterocycles. The Balaban J connectivity index is 2.09. The second-order valence-corrected chi connectivity index (χ2v) is 6.68. The molecule has 0 atom stereocenters. The molecule has 0 saturated carbocycles. The lowest BCUT2D eigenvalue weighted by Crippen LogP contribution is -2.14. The molecule has 2 aromatic carbocycles. The van der Waals surface area contributed by atoms with Crippen LogP contribution in [0.4, 0.5) is 11.4 Å². The van der Waals surface area contributed by atoms with E-state index in [9.17, 15) is 9.59 Å². The minimum absolute atomic E-state index is 0.0272. The van der Waals surface area contributed by atoms with Crippen molar-refractivity contribution in [2.24, 2.45) is 5.92 Å². The molecule has 2 rings (SSSR count). The number of benzene rings is 2. The average Bonchev–Trinajstić information content (AvgIpc) is 2.62. The maximum Gasteiger partial charge on any atom is 0.255 e. The van der Waals surface area contributed by atoms with Crippen LogP contribution in [0.25, 0.3) is 0 Å². The first kappa shape index (κ1) is 20.3. The lowest BCUT2D eigenvalue weighted by Gasteiger charge is -2.13. The van der Waals surface area contributed by atoms with Crippen LogP contribution in [-0.2, 0) is 4.79 Å². The summed E-state index contributed by atoms with van der Waals surface area (Å²) in [6.45, 7) is 5.85. The highest BCUT2D eigenvalue weighted by atomic mass is 16.5. The topological polar surface area (TPSA) is 76.7 Å². The maximum absolute atomic E-state index is 12.6. The Hall–Kier alpha value is -3.02. The molecule has 0 fully saturated rings. The van der Waals surface area contributed by atoms with Crippen LogP contribution in [0.1, 0.15) is 36.2 Å². The maximum atomic E-state index is 12.6. The van der Waals surface area contributed by atoms with Gasteiger partial charge < -0.3 is 20.1 Å². The van der Waals surface area contributed by atoms with Gasteiger partial charge in [0, 0.05) is 28.9 Å². The Morgan fingerprint density at radius 1 is 0.926 bits per heavy atom. The van der Waals surface area contributed by atoms with Crippen LogP contribution in [-0.4, -0.2) is 26.0 Å². The summed E-state index contributed by atoms with van der Waals surface area (Å²) in [5.41, 5.74) is 2.58. The van der Waals surface area contributed by atoms with E-state index in [0.717, 1.165) is 5.56 Å². The minimum Gasteiger partial charge on any atom is -0.496 e. The predicted molar refractivity (Wildman–Crippen MR) is 107 cm³/mol. The van der Waals surface area contributed by atoms with Crippen molar-refractivity contribution < 1.29 is 19.1 Å². The summed E-state index contributed by atoms with van der Waals surface area (Å²) in [5.74, 6) is 1.17. The van der Waals surface area contributed by atoms with Gasteiger partial charge in [0.25, 0.3) is 5.91 Å². The van der Waals surface area contributed by atoms with E-state index in [1.165, 1.54) is 0 Å². The molecule has 0 bridgehead atoms. The monoisotopic (exact) mass is 370 g/mol. The molecule has 144 valence electrons. The number of ether oxygens (including phenoxy) is 2. The van der Waals surface area contributed by atoms with Gasteiger partial charge in [0.05, 0.1) is 14.2 Å². The third kappa shape index (κ3) is 5.48. The number of carbonyl (C=O) groups is 2. The third-order valence-electron chi connectivity index (χ3n) is 4.03. The summed E-state index contributed by atoms with van der Waals surface area (Å²) in [7, 11) is 3.10. The number of nitrogens with one attached hydrogen (secondary N) is 2. The van der Waals surface area contributed by atoms with Gasteiger partial charge in [0.1, 0.15) is 11.5 Å². The van der Waals surface area contributed by atoms with Gasteiger partial charge >= 0.3 is 0 Å². The Morgan fingerprint density at radius 3 is 1.85 bits per heavy atom. The van der Waals surface area contributed by atoms with Crippen molar-refractivity contribution in [3.63, 3.8) is 0 Å². The molecule has 6 nitrogen and oxygen atoms in total. The molecule has 0 aliphatic rings. The Labute approximate surface area is 159 Å². The van der Waals surface area contributed by atoms with E-state index < -0.39 is 0 Å². The van der Waals surface area contributed by atoms with E-state index in [-0.39, 0.29) is 11.8 Å². The van der Waals surface area contributed by atoms with E-state index in [4.69, 9.17) is 9.47 Å². The highest BCUT2D eigenvalue weighted by Crippen LogP contribution is 2.29. The highest BCUT2D eigenvalue weighted by molar-refractivity contribution is 6.05. The number of methoxy groups -OCH3 is 2. The smallest absolute Gasteiger partial charge is 0.255 e. The highest BCUT2D eigenvalue weighted by Gasteiger charge is 2.14. The molecule has 0 radical (unpaired) electrons. The first-order chi connectivity index (χ1) is 12.8. The Morgan fingerprint density at radius 2 is 1.41 bits per heavy atom. The van der Waals surface area contributed by atoms with Crippen molar-refractivity contribution in [3.05, 3.63) is 47.5 Å². The molecule has 27 heavy (non-hydrogen) atoms. The molecule has 2 N–H and O–H groups in total. The summed E-state index contributed by atoms with van der Waals surface area (Å²) < 4.78 is 10.6. The first-order valence-corrected chi connectivity index (χ1v) is 8.78. The van der Waals surface area contributed by atoms with Crippen molar-refractivity contribution in [1.29, 1.82) is 0 Å². The van der Waals surface area contributed by atoms with Crippen LogP contribution in [0.15, 0.2) is 36.4 Å². The van der Waals surface area contributed by atoms with E-state index in [0.29, 0.717) is 40.8 Å². The average molecular weight is 370 g/mol. The van der Waals surface area contributed by atoms with Crippen molar-refractivity contribution in [2.45, 2.75) is 27.2 Å². The molecule has 0 spiro atoms. The van der Waals surface area contributed by atoms with E-state index >= 15 is 0 Å². The van der Waals surface area contributed by atoms with Crippen LogP contribution >= 0.6 is 0 Å². The zero-order valence-corrected chi connectivity index (χ0v) is 16.4. The summed E-state index contributed by atoms with van der Waals surface area (Å²) in [6, 6.07) is 10.3. The minimum atomic E-state index is -0.275. The van der Waals surface area contributed by atoms with Gasteiger partial charge in [0.15, 0.2) is 0 Å². The summed E-state index contributed by atoms with van der Waals surface area (Å²) in [6.07, 6.45) is 0.468. The Bertz CT molecular complexity index is 788. The van der Waals surface area contributed by atoms with Crippen molar-refractivity contribution in [3.8, 4) is 11.5 Å². The summed E-state index contributed by atoms with van der Waals surface area (Å²) in [4.78, 5) is 24.4. The first-order valence-electron chi connectivity index (χ1n) is 8.78. The number of carbonyl (C=O) groups excluding carboxylic acids is 2. The largest absolute Gasteiger partial charge is 0.496 e. The van der Waals surface area contributed by atoms with E-state index in [2.05, 4.69) is 10.6 Å². The third-order valence-corrected chi connectivity index (χ3v) is 4.03. The normalized spacial score (nSPS) is 10.4. The predicted octanol–water partition coefficient (Wildman–Crippen LogP) is 4.25. The molecule has 0 aromatic heterocycles. The molecule has 0 unspecified atom stereocenters. The molecule has 0 aliphatic heterocycles. The Kier molecular flexibility index (Phi) is 6.82. The molecule has 0 saturated heterocycles. The quantitative estimate of drug-likeness (QED) is 0.764. The second-order valence-electron chi connectivity index (χ2n) is 6.68. The molecule has 0 aliphatic carbocycles. The number of hydrogen-bond donors (Lipinski definition) is 2. The zero-order valence-electron chi connectivity index (χ0n) is 16.4. The van der Waals surface area contributed by atoms with Gasteiger partial charge in [-0.05, 0) is 49.2 Å². The lowest BCUT2D eigenvalue weighted by molar-refractivity contribution is -0.116. The number of rotatable bonds is 7. The molecule has 2 amide bonds. The molecular weight excluding hydrogens is 344 g/mol. The zero-order chi connectivity index (χ0) is 20.0. The van der Waals surface area contributed by atoms with Crippen LogP contribution in [0.2, 0.25) is 0 Å². The van der Waals surface area contributed by atoms with E-state index in [1.54, 1.807) is 50.6 Å². The van der Waals surface area contributed by atoms with Crippen LogP contribution < -0.4 is 20.1 Å². The van der Waals surface area contributed by atoms with Crippen LogP contribution in [0, 0.1) is 12.8 Å². The fraction of sp³-hybridized carbons (Fsp3) is 0.333. The van der Waals surface area contributed by atoms with Gasteiger partial charge in [-0.25, -0.2) is 0 Å². The fourth-order valence-corrected chi connectivity index (χ4v) is 2.64. The summed E-state index contributed by atoms with van der Waals surface area (Å²) >= 11 is 0. The van der Waals surface area contributed by atoms with Crippen molar-refractivity contribution >= 4 is 23.2 Å². The van der Waals surface area contributed by atoms with Gasteiger partial charge in [-0.1, -0.05) is 13.8 Å².